The quantitative estimate of drug-likeness (QED) is 0.868. The molecule has 2 atom stereocenters. The van der Waals surface area contributed by atoms with E-state index in [2.05, 4.69) is 10.3 Å². The number of rotatable bonds is 4. The largest absolute Gasteiger partial charge is 0.390 e. The van der Waals surface area contributed by atoms with Gasteiger partial charge < -0.3 is 9.88 Å². The molecule has 0 aliphatic carbocycles. The molecule has 1 aromatic rings. The molecule has 1 N–H and O–H groups in total. The van der Waals surface area contributed by atoms with Crippen molar-refractivity contribution in [2.45, 2.75) is 38.5 Å². The Bertz CT molecular complexity index is 332. The molecular formula is C10H16F3N3. The van der Waals surface area contributed by atoms with Gasteiger partial charge in [0.25, 0.3) is 0 Å². The van der Waals surface area contributed by atoms with Crippen molar-refractivity contribution in [3.8, 4) is 0 Å². The zero-order valence-electron chi connectivity index (χ0n) is 9.54. The van der Waals surface area contributed by atoms with Crippen LogP contribution in [0.4, 0.5) is 13.2 Å². The minimum Gasteiger partial charge on any atom is -0.337 e. The van der Waals surface area contributed by atoms with Gasteiger partial charge in [0, 0.05) is 25.5 Å². The Morgan fingerprint density at radius 3 is 2.50 bits per heavy atom. The van der Waals surface area contributed by atoms with Gasteiger partial charge in [-0.25, -0.2) is 4.98 Å². The van der Waals surface area contributed by atoms with Crippen LogP contribution < -0.4 is 5.32 Å². The maximum Gasteiger partial charge on any atom is 0.390 e. The van der Waals surface area contributed by atoms with Gasteiger partial charge in [-0.05, 0) is 13.8 Å². The van der Waals surface area contributed by atoms with Crippen LogP contribution in [0.15, 0.2) is 12.4 Å². The van der Waals surface area contributed by atoms with Gasteiger partial charge in [-0.15, -0.1) is 0 Å². The van der Waals surface area contributed by atoms with Crippen molar-refractivity contribution in [1.29, 1.82) is 0 Å². The fourth-order valence-corrected chi connectivity index (χ4v) is 1.70. The Morgan fingerprint density at radius 1 is 1.44 bits per heavy atom. The van der Waals surface area contributed by atoms with Crippen LogP contribution in [-0.2, 0) is 7.05 Å². The third kappa shape index (κ3) is 3.84. The van der Waals surface area contributed by atoms with Gasteiger partial charge in [0.15, 0.2) is 0 Å². The number of halogens is 3. The van der Waals surface area contributed by atoms with E-state index in [1.807, 2.05) is 7.05 Å². The molecular weight excluding hydrogens is 219 g/mol. The molecule has 1 aromatic heterocycles. The number of nitrogens with zero attached hydrogens (tertiary/aromatic N) is 2. The van der Waals surface area contributed by atoms with E-state index >= 15 is 0 Å². The van der Waals surface area contributed by atoms with Crippen LogP contribution in [0, 0.1) is 0 Å². The molecule has 0 radical (unpaired) electrons. The molecule has 0 saturated heterocycles. The van der Waals surface area contributed by atoms with Gasteiger partial charge in [0.1, 0.15) is 5.82 Å². The molecule has 16 heavy (non-hydrogen) atoms. The van der Waals surface area contributed by atoms with Gasteiger partial charge >= 0.3 is 6.18 Å². The van der Waals surface area contributed by atoms with E-state index in [0.717, 1.165) is 5.82 Å². The second-order valence-electron chi connectivity index (χ2n) is 4.01. The molecule has 0 amide bonds. The van der Waals surface area contributed by atoms with Crippen molar-refractivity contribution in [2.24, 2.45) is 7.05 Å². The lowest BCUT2D eigenvalue weighted by Crippen LogP contribution is -2.34. The molecule has 6 heteroatoms. The third-order valence-corrected chi connectivity index (χ3v) is 2.32. The summed E-state index contributed by atoms with van der Waals surface area (Å²) in [4.78, 5) is 4.08. The molecule has 2 unspecified atom stereocenters. The topological polar surface area (TPSA) is 29.9 Å². The fourth-order valence-electron chi connectivity index (χ4n) is 1.70. The Balaban J connectivity index is 2.52. The Morgan fingerprint density at radius 2 is 2.06 bits per heavy atom. The summed E-state index contributed by atoms with van der Waals surface area (Å²) in [5, 5.41) is 2.88. The molecule has 3 nitrogen and oxygen atoms in total. The van der Waals surface area contributed by atoms with Crippen LogP contribution in [0.1, 0.15) is 32.1 Å². The first-order chi connectivity index (χ1) is 7.29. The first kappa shape index (κ1) is 13.0. The standard InChI is InChI=1S/C10H16F3N3/c1-7(6-10(11,12)13)15-8(2)9-14-4-5-16(9)3/h4-5,7-8,15H,6H2,1-3H3. The summed E-state index contributed by atoms with van der Waals surface area (Å²) < 4.78 is 38.1. The van der Waals surface area contributed by atoms with Crippen molar-refractivity contribution in [3.63, 3.8) is 0 Å². The lowest BCUT2D eigenvalue weighted by atomic mass is 10.2. The van der Waals surface area contributed by atoms with Crippen LogP contribution in [0.2, 0.25) is 0 Å². The second kappa shape index (κ2) is 4.86. The zero-order valence-corrected chi connectivity index (χ0v) is 9.54. The number of aryl methyl sites for hydroxylation is 1. The first-order valence-electron chi connectivity index (χ1n) is 5.09. The van der Waals surface area contributed by atoms with Crippen LogP contribution in [0.3, 0.4) is 0 Å². The van der Waals surface area contributed by atoms with E-state index in [9.17, 15) is 13.2 Å². The van der Waals surface area contributed by atoms with Gasteiger partial charge in [-0.3, -0.25) is 0 Å². The maximum atomic E-state index is 12.1. The van der Waals surface area contributed by atoms with Crippen LogP contribution in [0.5, 0.6) is 0 Å². The minimum atomic E-state index is -4.13. The molecule has 0 bridgehead atoms. The highest BCUT2D eigenvalue weighted by atomic mass is 19.4. The van der Waals surface area contributed by atoms with E-state index in [1.165, 1.54) is 6.92 Å². The molecule has 1 rings (SSSR count). The number of nitrogens with one attached hydrogen (secondary N) is 1. The van der Waals surface area contributed by atoms with E-state index in [1.54, 1.807) is 23.9 Å². The Hall–Kier alpha value is -1.04. The molecule has 0 fully saturated rings. The molecule has 1 heterocycles. The molecule has 0 aliphatic rings. The Kier molecular flexibility index (Phi) is 3.96. The lowest BCUT2D eigenvalue weighted by molar-refractivity contribution is -0.139. The van der Waals surface area contributed by atoms with Crippen molar-refractivity contribution in [3.05, 3.63) is 18.2 Å². The van der Waals surface area contributed by atoms with Crippen LogP contribution in [-0.4, -0.2) is 21.8 Å². The van der Waals surface area contributed by atoms with Crippen LogP contribution >= 0.6 is 0 Å². The summed E-state index contributed by atoms with van der Waals surface area (Å²) >= 11 is 0. The third-order valence-electron chi connectivity index (χ3n) is 2.32. The average molecular weight is 235 g/mol. The summed E-state index contributed by atoms with van der Waals surface area (Å²) in [6, 6.07) is -0.816. The van der Waals surface area contributed by atoms with E-state index < -0.39 is 18.6 Å². The van der Waals surface area contributed by atoms with Gasteiger partial charge in [-0.2, -0.15) is 13.2 Å². The average Bonchev–Trinajstić information content (AvgIpc) is 2.47. The van der Waals surface area contributed by atoms with Gasteiger partial charge in [-0.1, -0.05) is 0 Å². The first-order valence-corrected chi connectivity index (χ1v) is 5.09. The molecule has 0 spiro atoms. The summed E-state index contributed by atoms with van der Waals surface area (Å²) in [6.07, 6.45) is -1.57. The van der Waals surface area contributed by atoms with Crippen molar-refractivity contribution in [1.82, 2.24) is 14.9 Å². The van der Waals surface area contributed by atoms with Crippen molar-refractivity contribution >= 4 is 0 Å². The number of hydrogen-bond donors (Lipinski definition) is 1. The summed E-state index contributed by atoms with van der Waals surface area (Å²) in [7, 11) is 1.81. The number of alkyl halides is 3. The zero-order chi connectivity index (χ0) is 12.3. The van der Waals surface area contributed by atoms with Gasteiger partial charge in [0.05, 0.1) is 12.5 Å². The highest BCUT2D eigenvalue weighted by Gasteiger charge is 2.30. The molecule has 92 valence electrons. The Labute approximate surface area is 92.7 Å². The van der Waals surface area contributed by atoms with Crippen LogP contribution in [0.25, 0.3) is 0 Å². The molecule has 0 aliphatic heterocycles. The molecule has 0 saturated carbocycles. The number of hydrogen-bond acceptors (Lipinski definition) is 2. The smallest absolute Gasteiger partial charge is 0.337 e. The van der Waals surface area contributed by atoms with E-state index in [4.69, 9.17) is 0 Å². The lowest BCUT2D eigenvalue weighted by Gasteiger charge is -2.20. The highest BCUT2D eigenvalue weighted by molar-refractivity contribution is 4.97. The fraction of sp³-hybridized carbons (Fsp3) is 0.700. The maximum absolute atomic E-state index is 12.1. The van der Waals surface area contributed by atoms with E-state index in [0.29, 0.717) is 0 Å². The predicted molar refractivity (Wildman–Crippen MR) is 54.9 cm³/mol. The summed E-state index contributed by atoms with van der Waals surface area (Å²) in [6.45, 7) is 3.32. The SMILES string of the molecule is CC(CC(F)(F)F)NC(C)c1nccn1C. The summed E-state index contributed by atoms with van der Waals surface area (Å²) in [5.74, 6) is 0.731. The predicted octanol–water partition coefficient (Wildman–Crippen LogP) is 2.41. The van der Waals surface area contributed by atoms with Gasteiger partial charge in [0.2, 0.25) is 0 Å². The normalized spacial score (nSPS) is 16.1. The number of aromatic nitrogens is 2. The number of imidazole rings is 1. The van der Waals surface area contributed by atoms with Crippen molar-refractivity contribution in [2.75, 3.05) is 0 Å². The monoisotopic (exact) mass is 235 g/mol. The molecule has 0 aromatic carbocycles. The minimum absolute atomic E-state index is 0.197. The highest BCUT2D eigenvalue weighted by Crippen LogP contribution is 2.22. The second-order valence-corrected chi connectivity index (χ2v) is 4.01. The summed E-state index contributed by atoms with van der Waals surface area (Å²) in [5.41, 5.74) is 0. The van der Waals surface area contributed by atoms with Crippen molar-refractivity contribution < 1.29 is 13.2 Å². The van der Waals surface area contributed by atoms with E-state index in [-0.39, 0.29) is 6.04 Å².